The molecule has 0 aromatic carbocycles. The van der Waals surface area contributed by atoms with E-state index in [0.29, 0.717) is 0 Å². The highest BCUT2D eigenvalue weighted by Crippen LogP contribution is 2.30. The van der Waals surface area contributed by atoms with Gasteiger partial charge in [-0.05, 0) is 0 Å². The molecule has 0 unspecified atom stereocenters. The van der Waals surface area contributed by atoms with Crippen LogP contribution in [0, 0.1) is 0 Å². The second-order valence-corrected chi connectivity index (χ2v) is 5.37. The van der Waals surface area contributed by atoms with Gasteiger partial charge in [-0.15, -0.1) is 11.3 Å². The number of alkyl halides is 6. The molecule has 2 aromatic heterocycles. The molecule has 0 saturated heterocycles. The topological polar surface area (TPSA) is 67.8 Å². The summed E-state index contributed by atoms with van der Waals surface area (Å²) in [6.07, 6.45) is -7.76. The summed E-state index contributed by atoms with van der Waals surface area (Å²) in [7, 11) is 0. The molecule has 1 N–H and O–H groups in total. The molecule has 0 spiro atoms. The van der Waals surface area contributed by atoms with E-state index >= 15 is 0 Å². The van der Waals surface area contributed by atoms with E-state index in [1.165, 1.54) is 0 Å². The predicted octanol–water partition coefficient (Wildman–Crippen LogP) is 2.94. The van der Waals surface area contributed by atoms with Crippen LogP contribution in [0.1, 0.15) is 26.9 Å². The van der Waals surface area contributed by atoms with E-state index in [1.54, 1.807) is 0 Å². The Kier molecular flexibility index (Phi) is 5.06. The van der Waals surface area contributed by atoms with Crippen molar-refractivity contribution in [2.24, 2.45) is 0 Å². The van der Waals surface area contributed by atoms with Crippen LogP contribution in [0.15, 0.2) is 17.8 Å². The lowest BCUT2D eigenvalue weighted by Gasteiger charge is -2.06. The number of nitrogens with zero attached hydrogens (tertiary/aromatic N) is 3. The zero-order valence-electron chi connectivity index (χ0n) is 11.6. The van der Waals surface area contributed by atoms with Gasteiger partial charge in [0.2, 0.25) is 5.82 Å². The van der Waals surface area contributed by atoms with E-state index in [9.17, 15) is 31.1 Å². The summed E-state index contributed by atoms with van der Waals surface area (Å²) < 4.78 is 74.0. The molecular formula is C12H8F6N4OS. The van der Waals surface area contributed by atoms with E-state index in [2.05, 4.69) is 20.3 Å². The number of carbonyl (C=O) groups is 1. The number of halogens is 6. The molecule has 2 rings (SSSR count). The molecule has 12 heteroatoms. The van der Waals surface area contributed by atoms with Crippen molar-refractivity contribution in [1.29, 1.82) is 0 Å². The Labute approximate surface area is 134 Å². The minimum Gasteiger partial charge on any atom is -0.352 e. The van der Waals surface area contributed by atoms with Gasteiger partial charge in [-0.3, -0.25) is 4.79 Å². The third-order valence-electron chi connectivity index (χ3n) is 2.63. The summed E-state index contributed by atoms with van der Waals surface area (Å²) in [5.74, 6) is -2.11. The molecule has 0 saturated carbocycles. The first-order chi connectivity index (χ1) is 11.1. The predicted molar refractivity (Wildman–Crippen MR) is 70.2 cm³/mol. The number of nitrogens with one attached hydrogen (secondary N) is 1. The Hall–Kier alpha value is -2.24. The first kappa shape index (κ1) is 18.1. The Balaban J connectivity index is 1.88. The van der Waals surface area contributed by atoms with E-state index < -0.39 is 29.8 Å². The normalized spacial score (nSPS) is 12.2. The van der Waals surface area contributed by atoms with Crippen molar-refractivity contribution in [2.45, 2.75) is 18.8 Å². The van der Waals surface area contributed by atoms with Gasteiger partial charge in [0.1, 0.15) is 0 Å². The summed E-state index contributed by atoms with van der Waals surface area (Å²) in [5, 5.41) is 3.37. The van der Waals surface area contributed by atoms with Gasteiger partial charge < -0.3 is 5.32 Å². The van der Waals surface area contributed by atoms with Crippen molar-refractivity contribution in [2.75, 3.05) is 6.54 Å². The number of carbonyl (C=O) groups excluding carboxylic acids is 1. The van der Waals surface area contributed by atoms with E-state index in [0.717, 1.165) is 29.1 Å². The van der Waals surface area contributed by atoms with Gasteiger partial charge in [0.25, 0.3) is 5.91 Å². The van der Waals surface area contributed by atoms with Crippen LogP contribution in [0.3, 0.4) is 0 Å². The number of rotatable bonds is 4. The van der Waals surface area contributed by atoms with E-state index in [1.807, 2.05) is 0 Å². The van der Waals surface area contributed by atoms with Crippen LogP contribution in [0.2, 0.25) is 0 Å². The third-order valence-corrected chi connectivity index (χ3v) is 3.54. The fourth-order valence-corrected chi connectivity index (χ4v) is 2.34. The van der Waals surface area contributed by atoms with Crippen molar-refractivity contribution in [3.05, 3.63) is 39.9 Å². The molecule has 24 heavy (non-hydrogen) atoms. The molecule has 130 valence electrons. The molecule has 2 heterocycles. The van der Waals surface area contributed by atoms with Crippen LogP contribution in [-0.2, 0) is 18.8 Å². The van der Waals surface area contributed by atoms with Crippen LogP contribution in [-0.4, -0.2) is 27.4 Å². The molecule has 2 aromatic rings. The average Bonchev–Trinajstić information content (AvgIpc) is 2.95. The Bertz CT molecular complexity index is 710. The summed E-state index contributed by atoms with van der Waals surface area (Å²) in [4.78, 5) is 21.1. The van der Waals surface area contributed by atoms with Gasteiger partial charge >= 0.3 is 12.4 Å². The van der Waals surface area contributed by atoms with Crippen molar-refractivity contribution in [3.63, 3.8) is 0 Å². The molecule has 0 aliphatic rings. The van der Waals surface area contributed by atoms with Crippen molar-refractivity contribution >= 4 is 17.2 Å². The molecule has 1 amide bonds. The van der Waals surface area contributed by atoms with Gasteiger partial charge in [0.05, 0.1) is 10.6 Å². The molecule has 0 radical (unpaired) electrons. The summed E-state index contributed by atoms with van der Waals surface area (Å²) in [5.41, 5.74) is -1.21. The molecule has 0 bridgehead atoms. The highest BCUT2D eigenvalue weighted by molar-refractivity contribution is 7.09. The number of aromatic nitrogens is 3. The monoisotopic (exact) mass is 370 g/mol. The molecule has 0 aliphatic heterocycles. The Morgan fingerprint density at radius 1 is 1.08 bits per heavy atom. The molecular weight excluding hydrogens is 362 g/mol. The first-order valence-corrected chi connectivity index (χ1v) is 7.14. The van der Waals surface area contributed by atoms with Crippen molar-refractivity contribution in [3.8, 4) is 0 Å². The van der Waals surface area contributed by atoms with Gasteiger partial charge in [-0.25, -0.2) is 15.0 Å². The minimum absolute atomic E-state index is 0.0370. The minimum atomic E-state index is -4.71. The van der Waals surface area contributed by atoms with Gasteiger partial charge in [0, 0.05) is 30.7 Å². The number of hydrogen-bond donors (Lipinski definition) is 1. The lowest BCUT2D eigenvalue weighted by atomic mass is 10.3. The largest absolute Gasteiger partial charge is 0.451 e. The number of hydrogen-bond acceptors (Lipinski definition) is 5. The van der Waals surface area contributed by atoms with Crippen LogP contribution in [0.5, 0.6) is 0 Å². The van der Waals surface area contributed by atoms with E-state index in [4.69, 9.17) is 0 Å². The van der Waals surface area contributed by atoms with Gasteiger partial charge in [-0.1, -0.05) is 0 Å². The highest BCUT2D eigenvalue weighted by Gasteiger charge is 2.34. The fourth-order valence-electron chi connectivity index (χ4n) is 1.53. The van der Waals surface area contributed by atoms with Crippen LogP contribution in [0.4, 0.5) is 26.3 Å². The van der Waals surface area contributed by atoms with Crippen molar-refractivity contribution < 1.29 is 31.1 Å². The number of amides is 1. The maximum atomic E-state index is 12.4. The third kappa shape index (κ3) is 4.63. The lowest BCUT2D eigenvalue weighted by Crippen LogP contribution is -2.26. The second-order valence-electron chi connectivity index (χ2n) is 4.42. The lowest BCUT2D eigenvalue weighted by molar-refractivity contribution is -0.145. The van der Waals surface area contributed by atoms with Crippen LogP contribution < -0.4 is 5.32 Å². The summed E-state index contributed by atoms with van der Waals surface area (Å²) in [6, 6.07) is 0. The molecule has 5 nitrogen and oxygen atoms in total. The molecule has 0 fully saturated rings. The zero-order chi connectivity index (χ0) is 18.0. The smallest absolute Gasteiger partial charge is 0.352 e. The quantitative estimate of drug-likeness (QED) is 0.841. The standard InChI is InChI=1S/C12H8F6N4OS/c13-11(14,15)7-5-24-8(22-7)1-2-19-9(23)6-3-20-10(21-4-6)12(16,17)18/h3-5H,1-2H2,(H,19,23). The maximum absolute atomic E-state index is 12.4. The van der Waals surface area contributed by atoms with Crippen LogP contribution in [0.25, 0.3) is 0 Å². The highest BCUT2D eigenvalue weighted by atomic mass is 32.1. The fraction of sp³-hybridized carbons (Fsp3) is 0.333. The maximum Gasteiger partial charge on any atom is 0.451 e. The summed E-state index contributed by atoms with van der Waals surface area (Å²) >= 11 is 0.796. The second kappa shape index (κ2) is 6.71. The van der Waals surface area contributed by atoms with E-state index in [-0.39, 0.29) is 23.5 Å². The van der Waals surface area contributed by atoms with Crippen molar-refractivity contribution in [1.82, 2.24) is 20.3 Å². The first-order valence-electron chi connectivity index (χ1n) is 6.26. The summed E-state index contributed by atoms with van der Waals surface area (Å²) in [6.45, 7) is -0.0370. The Morgan fingerprint density at radius 2 is 1.71 bits per heavy atom. The molecule has 0 aliphatic carbocycles. The van der Waals surface area contributed by atoms with Crippen LogP contribution >= 0.6 is 11.3 Å². The molecule has 0 atom stereocenters. The zero-order valence-corrected chi connectivity index (χ0v) is 12.4. The SMILES string of the molecule is O=C(NCCc1nc(C(F)(F)F)cs1)c1cnc(C(F)(F)F)nc1. The van der Waals surface area contributed by atoms with Gasteiger partial charge in [-0.2, -0.15) is 26.3 Å². The van der Waals surface area contributed by atoms with Gasteiger partial charge in [0.15, 0.2) is 5.69 Å². The number of thiazole rings is 1. The Morgan fingerprint density at radius 3 is 2.21 bits per heavy atom. The average molecular weight is 370 g/mol.